The van der Waals surface area contributed by atoms with Gasteiger partial charge in [0, 0.05) is 12.3 Å². The number of aromatic carboxylic acids is 1. The lowest BCUT2D eigenvalue weighted by molar-refractivity contribution is 0.0697. The number of rotatable bonds is 8. The number of carboxylic acid groups (broad SMARTS) is 1. The highest BCUT2D eigenvalue weighted by Gasteiger charge is 2.12. The first-order valence-corrected chi connectivity index (χ1v) is 9.82. The van der Waals surface area contributed by atoms with Crippen LogP contribution in [-0.4, -0.2) is 31.5 Å². The molecule has 1 aromatic heterocycles. The largest absolute Gasteiger partial charge is 0.478 e. The van der Waals surface area contributed by atoms with Crippen LogP contribution in [0.2, 0.25) is 0 Å². The summed E-state index contributed by atoms with van der Waals surface area (Å²) >= 11 is 1.68. The maximum absolute atomic E-state index is 11.4. The summed E-state index contributed by atoms with van der Waals surface area (Å²) in [5, 5.41) is 19.9. The van der Waals surface area contributed by atoms with Gasteiger partial charge in [-0.05, 0) is 29.2 Å². The Labute approximate surface area is 162 Å². The topological polar surface area (TPSA) is 75.4 Å². The first-order chi connectivity index (χ1) is 13.1. The summed E-state index contributed by atoms with van der Waals surface area (Å²) in [4.78, 5) is 15.8. The van der Waals surface area contributed by atoms with Crippen LogP contribution >= 0.6 is 11.8 Å². The molecule has 1 heterocycles. The number of imidazole rings is 1. The fraction of sp³-hybridized carbons (Fsp3) is 0.238. The van der Waals surface area contributed by atoms with Gasteiger partial charge in [-0.2, -0.15) is 0 Å². The van der Waals surface area contributed by atoms with Crippen LogP contribution in [0.25, 0.3) is 11.1 Å². The molecule has 27 heavy (non-hydrogen) atoms. The van der Waals surface area contributed by atoms with E-state index in [1.165, 1.54) is 0 Å². The monoisotopic (exact) mass is 382 g/mol. The number of carboxylic acids is 1. The Morgan fingerprint density at radius 1 is 1.15 bits per heavy atom. The van der Waals surface area contributed by atoms with Crippen molar-refractivity contribution in [2.75, 3.05) is 5.75 Å². The third-order valence-electron chi connectivity index (χ3n) is 4.26. The summed E-state index contributed by atoms with van der Waals surface area (Å²) in [5.41, 5.74) is 3.71. The van der Waals surface area contributed by atoms with Gasteiger partial charge in [0.05, 0.1) is 24.1 Å². The highest BCUT2D eigenvalue weighted by Crippen LogP contribution is 2.25. The van der Waals surface area contributed by atoms with E-state index in [2.05, 4.69) is 11.9 Å². The predicted molar refractivity (Wildman–Crippen MR) is 107 cm³/mol. The molecule has 0 unspecified atom stereocenters. The summed E-state index contributed by atoms with van der Waals surface area (Å²) in [6, 6.07) is 14.8. The van der Waals surface area contributed by atoms with Gasteiger partial charge >= 0.3 is 5.97 Å². The van der Waals surface area contributed by atoms with E-state index in [1.54, 1.807) is 30.1 Å². The van der Waals surface area contributed by atoms with Crippen LogP contribution < -0.4 is 0 Å². The molecule has 0 fully saturated rings. The molecule has 0 amide bonds. The first kappa shape index (κ1) is 19.2. The lowest BCUT2D eigenvalue weighted by Crippen LogP contribution is -2.06. The number of benzene rings is 2. The van der Waals surface area contributed by atoms with Gasteiger partial charge in [0.1, 0.15) is 0 Å². The zero-order valence-corrected chi connectivity index (χ0v) is 15.9. The molecule has 0 aliphatic rings. The smallest absolute Gasteiger partial charge is 0.336 e. The molecule has 0 spiro atoms. The van der Waals surface area contributed by atoms with Crippen molar-refractivity contribution in [3.05, 3.63) is 71.5 Å². The van der Waals surface area contributed by atoms with E-state index in [0.717, 1.165) is 34.2 Å². The molecule has 3 rings (SSSR count). The number of nitrogens with zero attached hydrogens (tertiary/aromatic N) is 2. The number of aliphatic hydroxyl groups excluding tert-OH is 1. The summed E-state index contributed by atoms with van der Waals surface area (Å²) in [7, 11) is 0. The van der Waals surface area contributed by atoms with Crippen molar-refractivity contribution in [3.63, 3.8) is 0 Å². The number of aromatic nitrogens is 2. The zero-order valence-electron chi connectivity index (χ0n) is 15.1. The fourth-order valence-corrected chi connectivity index (χ4v) is 3.74. The molecule has 6 heteroatoms. The fourth-order valence-electron chi connectivity index (χ4n) is 2.89. The van der Waals surface area contributed by atoms with E-state index in [4.69, 9.17) is 0 Å². The minimum absolute atomic E-state index is 0.0518. The highest BCUT2D eigenvalue weighted by molar-refractivity contribution is 7.99. The molecule has 0 radical (unpaired) electrons. The van der Waals surface area contributed by atoms with Gasteiger partial charge in [0.25, 0.3) is 0 Å². The number of thioether (sulfide) groups is 1. The standard InChI is InChI=1S/C21H22N2O3S/c1-2-11-27-21-22-12-17(14-24)23(21)13-15-7-9-16(10-8-15)18-5-3-4-6-19(18)20(25)26/h3-10,12,24H,2,11,13-14H2,1H3,(H,25,26). The lowest BCUT2D eigenvalue weighted by Gasteiger charge is -2.12. The van der Waals surface area contributed by atoms with Crippen LogP contribution in [0.5, 0.6) is 0 Å². The average molecular weight is 382 g/mol. The normalized spacial score (nSPS) is 10.9. The third-order valence-corrected chi connectivity index (χ3v) is 5.46. The van der Waals surface area contributed by atoms with E-state index in [-0.39, 0.29) is 6.61 Å². The lowest BCUT2D eigenvalue weighted by atomic mass is 9.99. The van der Waals surface area contributed by atoms with Crippen molar-refractivity contribution in [3.8, 4) is 11.1 Å². The summed E-state index contributed by atoms with van der Waals surface area (Å²) in [6.07, 6.45) is 2.78. The highest BCUT2D eigenvalue weighted by atomic mass is 32.2. The van der Waals surface area contributed by atoms with E-state index in [1.807, 2.05) is 41.0 Å². The number of hydrogen-bond acceptors (Lipinski definition) is 4. The van der Waals surface area contributed by atoms with Gasteiger partial charge in [0.15, 0.2) is 5.16 Å². The molecule has 5 nitrogen and oxygen atoms in total. The SMILES string of the molecule is CCCSc1ncc(CO)n1Cc1ccc(-c2ccccc2C(=O)O)cc1. The Morgan fingerprint density at radius 3 is 2.56 bits per heavy atom. The van der Waals surface area contributed by atoms with E-state index >= 15 is 0 Å². The van der Waals surface area contributed by atoms with Crippen molar-refractivity contribution in [1.82, 2.24) is 9.55 Å². The number of carbonyl (C=O) groups is 1. The second kappa shape index (κ2) is 8.88. The zero-order chi connectivity index (χ0) is 19.2. The minimum Gasteiger partial charge on any atom is -0.478 e. The maximum Gasteiger partial charge on any atom is 0.336 e. The van der Waals surface area contributed by atoms with Gasteiger partial charge in [-0.3, -0.25) is 0 Å². The average Bonchev–Trinajstić information content (AvgIpc) is 3.08. The van der Waals surface area contributed by atoms with E-state index in [9.17, 15) is 15.0 Å². The molecule has 0 saturated heterocycles. The summed E-state index contributed by atoms with van der Waals surface area (Å²) < 4.78 is 2.03. The van der Waals surface area contributed by atoms with Gasteiger partial charge < -0.3 is 14.8 Å². The Hall–Kier alpha value is -2.57. The number of hydrogen-bond donors (Lipinski definition) is 2. The van der Waals surface area contributed by atoms with Gasteiger partial charge in [-0.15, -0.1) is 0 Å². The van der Waals surface area contributed by atoms with Crippen LogP contribution in [0, 0.1) is 0 Å². The maximum atomic E-state index is 11.4. The minimum atomic E-state index is -0.932. The summed E-state index contributed by atoms with van der Waals surface area (Å²) in [6.45, 7) is 2.69. The number of aliphatic hydroxyl groups is 1. The van der Waals surface area contributed by atoms with Crippen LogP contribution in [-0.2, 0) is 13.2 Å². The second-order valence-electron chi connectivity index (χ2n) is 6.17. The Morgan fingerprint density at radius 2 is 1.89 bits per heavy atom. The van der Waals surface area contributed by atoms with Crippen molar-refractivity contribution >= 4 is 17.7 Å². The van der Waals surface area contributed by atoms with Crippen molar-refractivity contribution in [2.45, 2.75) is 31.7 Å². The molecule has 0 saturated carbocycles. The van der Waals surface area contributed by atoms with Crippen molar-refractivity contribution in [1.29, 1.82) is 0 Å². The third kappa shape index (κ3) is 4.40. The van der Waals surface area contributed by atoms with Gasteiger partial charge in [-0.25, -0.2) is 9.78 Å². The van der Waals surface area contributed by atoms with Crippen LogP contribution in [0.3, 0.4) is 0 Å². The summed E-state index contributed by atoms with van der Waals surface area (Å²) in [5.74, 6) is 0.0468. The Bertz CT molecular complexity index is 919. The van der Waals surface area contributed by atoms with Gasteiger partial charge in [-0.1, -0.05) is 61.2 Å². The van der Waals surface area contributed by atoms with Crippen LogP contribution in [0.1, 0.15) is 35.0 Å². The van der Waals surface area contributed by atoms with E-state index in [0.29, 0.717) is 17.7 Å². The van der Waals surface area contributed by atoms with Crippen molar-refractivity contribution < 1.29 is 15.0 Å². The molecule has 0 aliphatic carbocycles. The Balaban J connectivity index is 1.85. The molecule has 140 valence electrons. The molecule has 2 N–H and O–H groups in total. The molecule has 0 aliphatic heterocycles. The first-order valence-electron chi connectivity index (χ1n) is 8.83. The molecular weight excluding hydrogens is 360 g/mol. The molecule has 0 atom stereocenters. The molecule has 2 aromatic carbocycles. The second-order valence-corrected chi connectivity index (χ2v) is 7.23. The molecule has 3 aromatic rings. The van der Waals surface area contributed by atoms with Crippen LogP contribution in [0.15, 0.2) is 59.9 Å². The Kier molecular flexibility index (Phi) is 6.32. The van der Waals surface area contributed by atoms with Crippen molar-refractivity contribution in [2.24, 2.45) is 0 Å². The molecule has 0 bridgehead atoms. The molecular formula is C21H22N2O3S. The predicted octanol–water partition coefficient (Wildman–Crippen LogP) is 4.29. The quantitative estimate of drug-likeness (QED) is 0.569. The van der Waals surface area contributed by atoms with Gasteiger partial charge in [0.2, 0.25) is 0 Å². The van der Waals surface area contributed by atoms with E-state index < -0.39 is 5.97 Å². The van der Waals surface area contributed by atoms with Crippen LogP contribution in [0.4, 0.5) is 0 Å².